The lowest BCUT2D eigenvalue weighted by Gasteiger charge is -1.99. The van der Waals surface area contributed by atoms with Gasteiger partial charge in [-0.3, -0.25) is 0 Å². The molecule has 3 nitrogen and oxygen atoms in total. The van der Waals surface area contributed by atoms with Crippen molar-refractivity contribution in [2.24, 2.45) is 0 Å². The van der Waals surface area contributed by atoms with E-state index < -0.39 is 5.97 Å². The van der Waals surface area contributed by atoms with Crippen LogP contribution in [0, 0.1) is 0 Å². The molecular weight excluding hydrogens is 171 g/mol. The number of phenols is 1. The lowest BCUT2D eigenvalue weighted by molar-refractivity contribution is 0.0597. The van der Waals surface area contributed by atoms with Crippen molar-refractivity contribution < 1.29 is 14.6 Å². The van der Waals surface area contributed by atoms with Crippen molar-refractivity contribution in [2.75, 3.05) is 7.11 Å². The highest BCUT2D eigenvalue weighted by Crippen LogP contribution is 2.15. The molecule has 0 heterocycles. The van der Waals surface area contributed by atoms with Crippen LogP contribution in [-0.4, -0.2) is 35.5 Å². The van der Waals surface area contributed by atoms with Crippen molar-refractivity contribution in [3.8, 4) is 5.75 Å². The number of phenolic OH excluding ortho intramolecular Hbond substituents is 1. The van der Waals surface area contributed by atoms with E-state index in [1.54, 1.807) is 12.1 Å². The summed E-state index contributed by atoms with van der Waals surface area (Å²) < 4.78 is 4.42. The molecule has 0 aliphatic rings. The second-order valence-corrected chi connectivity index (χ2v) is 2.01. The molecule has 1 aromatic rings. The highest BCUT2D eigenvalue weighted by Gasteiger charge is 2.08. The van der Waals surface area contributed by atoms with Gasteiger partial charge in [0.2, 0.25) is 0 Å². The number of carbonyl (C=O) groups excluding carboxylic acids is 1. The molecule has 4 heteroatoms. The molecule has 0 aliphatic heterocycles. The minimum Gasteiger partial charge on any atom is -0.507 e. The fraction of sp³-hybridized carbons (Fsp3) is 0.125. The molecule has 0 amide bonds. The highest BCUT2D eigenvalue weighted by atomic mass is 27.0. The van der Waals surface area contributed by atoms with Gasteiger partial charge in [-0.25, -0.2) is 4.79 Å². The van der Waals surface area contributed by atoms with Gasteiger partial charge in [0.15, 0.2) is 17.4 Å². The van der Waals surface area contributed by atoms with Gasteiger partial charge < -0.3 is 9.84 Å². The Morgan fingerprint density at radius 3 is 2.50 bits per heavy atom. The molecule has 64 valence electrons. The van der Waals surface area contributed by atoms with E-state index >= 15 is 0 Å². The van der Waals surface area contributed by atoms with E-state index in [9.17, 15) is 4.79 Å². The molecule has 0 bridgehead atoms. The molecule has 0 atom stereocenters. The Balaban J connectivity index is 0.00000121. The van der Waals surface area contributed by atoms with E-state index in [0.717, 1.165) is 0 Å². The summed E-state index contributed by atoms with van der Waals surface area (Å²) in [5.74, 6) is -0.581. The van der Waals surface area contributed by atoms with Crippen molar-refractivity contribution in [1.82, 2.24) is 0 Å². The summed E-state index contributed by atoms with van der Waals surface area (Å²) >= 11 is 0. The van der Waals surface area contributed by atoms with Crippen LogP contribution >= 0.6 is 0 Å². The largest absolute Gasteiger partial charge is 0.507 e. The fourth-order valence-corrected chi connectivity index (χ4v) is 0.756. The van der Waals surface area contributed by atoms with Gasteiger partial charge in [-0.15, -0.1) is 0 Å². The first-order valence-corrected chi connectivity index (χ1v) is 3.12. The zero-order valence-corrected chi connectivity index (χ0v) is 6.07. The summed E-state index contributed by atoms with van der Waals surface area (Å²) in [6, 6.07) is 6.24. The summed E-state index contributed by atoms with van der Waals surface area (Å²) in [7, 11) is 1.27. The monoisotopic (exact) mass is 182 g/mol. The molecule has 0 unspecified atom stereocenters. The second kappa shape index (κ2) is 4.81. The molecule has 1 N–H and O–H groups in total. The Hall–Kier alpha value is -0.978. The van der Waals surface area contributed by atoms with E-state index in [0.29, 0.717) is 0 Å². The highest BCUT2D eigenvalue weighted by molar-refractivity contribution is 5.92. The van der Waals surface area contributed by atoms with Crippen LogP contribution in [0.3, 0.4) is 0 Å². The molecule has 0 spiro atoms. The van der Waals surface area contributed by atoms with Crippen molar-refractivity contribution >= 4 is 23.3 Å². The molecule has 0 saturated carbocycles. The fourth-order valence-electron chi connectivity index (χ4n) is 0.756. The molecule has 1 aromatic carbocycles. The van der Waals surface area contributed by atoms with Gasteiger partial charge in [-0.05, 0) is 12.1 Å². The standard InChI is InChI=1S/C8H8O3.Al.3H/c1-11-8(10)6-4-2-3-5-7(6)9;;;;/h2-5,9H,1H3;;;;. The minimum atomic E-state index is -0.525. The van der Waals surface area contributed by atoms with Gasteiger partial charge >= 0.3 is 5.97 Å². The van der Waals surface area contributed by atoms with Crippen LogP contribution in [-0.2, 0) is 4.74 Å². The van der Waals surface area contributed by atoms with Gasteiger partial charge in [0.05, 0.1) is 7.11 Å². The number of para-hydroxylation sites is 1. The smallest absolute Gasteiger partial charge is 0.341 e. The second-order valence-electron chi connectivity index (χ2n) is 2.01. The quantitative estimate of drug-likeness (QED) is 0.491. The maximum Gasteiger partial charge on any atom is 0.341 e. The SMILES string of the molecule is COC(=O)c1ccccc1O.[AlH3]. The van der Waals surface area contributed by atoms with Crippen LogP contribution in [0.2, 0.25) is 0 Å². The Morgan fingerprint density at radius 2 is 2.00 bits per heavy atom. The summed E-state index contributed by atoms with van der Waals surface area (Å²) in [4.78, 5) is 10.9. The molecule has 12 heavy (non-hydrogen) atoms. The van der Waals surface area contributed by atoms with E-state index in [4.69, 9.17) is 5.11 Å². The minimum absolute atomic E-state index is 0. The summed E-state index contributed by atoms with van der Waals surface area (Å²) in [6.07, 6.45) is 0. The van der Waals surface area contributed by atoms with E-state index in [2.05, 4.69) is 4.74 Å². The average molecular weight is 182 g/mol. The number of rotatable bonds is 1. The van der Waals surface area contributed by atoms with Crippen molar-refractivity contribution in [3.63, 3.8) is 0 Å². The first-order chi connectivity index (χ1) is 5.25. The summed E-state index contributed by atoms with van der Waals surface area (Å²) in [5.41, 5.74) is 0.190. The lowest BCUT2D eigenvalue weighted by Crippen LogP contribution is -2.00. The maximum absolute atomic E-state index is 10.9. The molecule has 1 rings (SSSR count). The zero-order valence-electron chi connectivity index (χ0n) is 6.07. The van der Waals surface area contributed by atoms with Crippen LogP contribution in [0.1, 0.15) is 10.4 Å². The Labute approximate surface area is 81.1 Å². The van der Waals surface area contributed by atoms with Crippen LogP contribution in [0.4, 0.5) is 0 Å². The van der Waals surface area contributed by atoms with Crippen molar-refractivity contribution in [1.29, 1.82) is 0 Å². The van der Waals surface area contributed by atoms with Gasteiger partial charge in [-0.2, -0.15) is 0 Å². The number of benzene rings is 1. The van der Waals surface area contributed by atoms with Crippen LogP contribution in [0.25, 0.3) is 0 Å². The molecule has 0 aromatic heterocycles. The van der Waals surface area contributed by atoms with Crippen LogP contribution in [0.5, 0.6) is 5.75 Å². The predicted molar refractivity (Wildman–Crippen MR) is 49.4 cm³/mol. The van der Waals surface area contributed by atoms with Crippen LogP contribution in [0.15, 0.2) is 24.3 Å². The third-order valence-electron chi connectivity index (χ3n) is 1.31. The van der Waals surface area contributed by atoms with E-state index in [1.807, 2.05) is 0 Å². The number of carbonyl (C=O) groups is 1. The third-order valence-corrected chi connectivity index (χ3v) is 1.31. The normalized spacial score (nSPS) is 8.42. The van der Waals surface area contributed by atoms with Gasteiger partial charge in [0.25, 0.3) is 0 Å². The Morgan fingerprint density at radius 1 is 1.42 bits per heavy atom. The number of hydrogen-bond acceptors (Lipinski definition) is 3. The third kappa shape index (κ3) is 2.26. The van der Waals surface area contributed by atoms with E-state index in [1.165, 1.54) is 19.2 Å². The maximum atomic E-state index is 10.9. The van der Waals surface area contributed by atoms with Gasteiger partial charge in [-0.1, -0.05) is 12.1 Å². The molecule has 0 saturated heterocycles. The van der Waals surface area contributed by atoms with Crippen molar-refractivity contribution in [3.05, 3.63) is 29.8 Å². The molecular formula is C8H11AlO3. The topological polar surface area (TPSA) is 46.5 Å². The first-order valence-electron chi connectivity index (χ1n) is 3.12. The van der Waals surface area contributed by atoms with Gasteiger partial charge in [0, 0.05) is 0 Å². The molecule has 0 radical (unpaired) electrons. The zero-order chi connectivity index (χ0) is 8.27. The number of ether oxygens (including phenoxy) is 1. The predicted octanol–water partition coefficient (Wildman–Crippen LogP) is -0.00510. The number of methoxy groups -OCH3 is 1. The number of aromatic hydroxyl groups is 1. The number of hydrogen-bond donors (Lipinski definition) is 1. The first kappa shape index (κ1) is 11.0. The average Bonchev–Trinajstić information content (AvgIpc) is 2.04. The van der Waals surface area contributed by atoms with E-state index in [-0.39, 0.29) is 28.7 Å². The summed E-state index contributed by atoms with van der Waals surface area (Å²) in [5, 5.41) is 9.11. The summed E-state index contributed by atoms with van der Waals surface area (Å²) in [6.45, 7) is 0. The Bertz CT molecular complexity index is 273. The molecule has 0 fully saturated rings. The van der Waals surface area contributed by atoms with Crippen LogP contribution < -0.4 is 0 Å². The van der Waals surface area contributed by atoms with Gasteiger partial charge in [0.1, 0.15) is 11.3 Å². The van der Waals surface area contributed by atoms with Crippen molar-refractivity contribution in [2.45, 2.75) is 0 Å². The number of esters is 1. The Kier molecular flexibility index (Phi) is 4.42. The lowest BCUT2D eigenvalue weighted by atomic mass is 10.2. The molecule has 0 aliphatic carbocycles.